The Balaban J connectivity index is 1.45. The monoisotopic (exact) mass is 383 g/mol. The van der Waals surface area contributed by atoms with Crippen molar-refractivity contribution in [2.75, 3.05) is 42.5 Å². The summed E-state index contributed by atoms with van der Waals surface area (Å²) in [5.41, 5.74) is 1.77. The molecule has 0 saturated carbocycles. The summed E-state index contributed by atoms with van der Waals surface area (Å²) in [6.07, 6.45) is 4.36. The van der Waals surface area contributed by atoms with E-state index in [0.717, 1.165) is 44.6 Å². The van der Waals surface area contributed by atoms with Crippen LogP contribution in [0.3, 0.4) is 0 Å². The highest BCUT2D eigenvalue weighted by Gasteiger charge is 2.26. The minimum absolute atomic E-state index is 0.0514. The Hall–Kier alpha value is -2.83. The maximum atomic E-state index is 12.6. The topological polar surface area (TPSA) is 81.3 Å². The largest absolute Gasteiger partial charge is 0.372 e. The Morgan fingerprint density at radius 1 is 1.36 bits per heavy atom. The number of piperidine rings is 1. The predicted octanol–water partition coefficient (Wildman–Crippen LogP) is 2.02. The van der Waals surface area contributed by atoms with Crippen LogP contribution < -0.4 is 20.7 Å². The van der Waals surface area contributed by atoms with Crippen LogP contribution in [0.2, 0.25) is 0 Å². The molecule has 1 aliphatic heterocycles. The molecule has 150 valence electrons. The first kappa shape index (κ1) is 19.9. The van der Waals surface area contributed by atoms with Gasteiger partial charge in [0.25, 0.3) is 5.56 Å². The van der Waals surface area contributed by atoms with Gasteiger partial charge in [0.05, 0.1) is 17.8 Å². The fourth-order valence-corrected chi connectivity index (χ4v) is 3.70. The lowest BCUT2D eigenvalue weighted by Crippen LogP contribution is -2.44. The molecule has 1 aromatic heterocycles. The summed E-state index contributed by atoms with van der Waals surface area (Å²) < 4.78 is 0. The molecular weight excluding hydrogens is 354 g/mol. The van der Waals surface area contributed by atoms with Gasteiger partial charge in [-0.25, -0.2) is 5.10 Å². The minimum atomic E-state index is -0.219. The third-order valence-electron chi connectivity index (χ3n) is 5.21. The van der Waals surface area contributed by atoms with Crippen LogP contribution in [0, 0.1) is 5.92 Å². The highest BCUT2D eigenvalue weighted by molar-refractivity contribution is 5.79. The van der Waals surface area contributed by atoms with Gasteiger partial charge >= 0.3 is 0 Å². The molecule has 1 amide bonds. The highest BCUT2D eigenvalue weighted by atomic mass is 16.2. The molecule has 2 N–H and O–H groups in total. The molecule has 3 rings (SSSR count). The van der Waals surface area contributed by atoms with Crippen LogP contribution in [0.15, 0.2) is 47.4 Å². The molecule has 7 heteroatoms. The molecule has 2 aromatic rings. The summed E-state index contributed by atoms with van der Waals surface area (Å²) in [6, 6.07) is 11.9. The molecule has 0 bridgehead atoms. The molecule has 0 radical (unpaired) electrons. The lowest BCUT2D eigenvalue weighted by Gasteiger charge is -2.33. The molecule has 0 unspecified atom stereocenters. The molecule has 0 spiro atoms. The SMILES string of the molecule is CCN(CCCNC(=O)[C@H]1CCCN(c2cn[nH]c(=O)c2)C1)c1ccccc1. The Morgan fingerprint density at radius 3 is 2.93 bits per heavy atom. The van der Waals surface area contributed by atoms with Crippen LogP contribution in [0.25, 0.3) is 0 Å². The Bertz CT molecular complexity index is 808. The van der Waals surface area contributed by atoms with E-state index in [4.69, 9.17) is 0 Å². The summed E-state index contributed by atoms with van der Waals surface area (Å²) in [5.74, 6) is 0.0506. The van der Waals surface area contributed by atoms with E-state index in [0.29, 0.717) is 13.1 Å². The van der Waals surface area contributed by atoms with Crippen molar-refractivity contribution < 1.29 is 4.79 Å². The van der Waals surface area contributed by atoms with Gasteiger partial charge in [-0.3, -0.25) is 9.59 Å². The molecule has 0 aliphatic carbocycles. The average Bonchev–Trinajstić information content (AvgIpc) is 2.74. The van der Waals surface area contributed by atoms with Crippen molar-refractivity contribution in [3.8, 4) is 0 Å². The summed E-state index contributed by atoms with van der Waals surface area (Å²) in [5, 5.41) is 9.34. The fourth-order valence-electron chi connectivity index (χ4n) is 3.70. The van der Waals surface area contributed by atoms with Gasteiger partial charge in [0, 0.05) is 44.5 Å². The van der Waals surface area contributed by atoms with E-state index in [1.165, 1.54) is 11.8 Å². The zero-order valence-corrected chi connectivity index (χ0v) is 16.4. The standard InChI is InChI=1S/C21H29N5O2/c1-2-25(18-9-4-3-5-10-18)13-7-11-22-21(28)17-8-6-12-26(16-17)19-14-20(27)24-23-15-19/h3-5,9-10,14-15,17H,2,6-8,11-13,16H2,1H3,(H,22,28)(H,24,27)/t17-/m0/s1. The number of carbonyl (C=O) groups is 1. The van der Waals surface area contributed by atoms with Gasteiger partial charge in [0.1, 0.15) is 0 Å². The number of aromatic amines is 1. The number of rotatable bonds is 8. The van der Waals surface area contributed by atoms with Crippen molar-refractivity contribution in [1.82, 2.24) is 15.5 Å². The Morgan fingerprint density at radius 2 is 2.18 bits per heavy atom. The van der Waals surface area contributed by atoms with E-state index in [2.05, 4.69) is 44.4 Å². The minimum Gasteiger partial charge on any atom is -0.372 e. The first-order valence-electron chi connectivity index (χ1n) is 10.0. The van der Waals surface area contributed by atoms with E-state index in [9.17, 15) is 9.59 Å². The second-order valence-electron chi connectivity index (χ2n) is 7.15. The lowest BCUT2D eigenvalue weighted by molar-refractivity contribution is -0.125. The number of hydrogen-bond donors (Lipinski definition) is 2. The van der Waals surface area contributed by atoms with Gasteiger partial charge in [-0.05, 0) is 38.3 Å². The molecule has 1 fully saturated rings. The number of benzene rings is 1. The Kier molecular flexibility index (Phi) is 7.06. The van der Waals surface area contributed by atoms with E-state index < -0.39 is 0 Å². The number of para-hydroxylation sites is 1. The molecule has 1 aromatic carbocycles. The van der Waals surface area contributed by atoms with Crippen LogP contribution in [-0.4, -0.2) is 48.8 Å². The van der Waals surface area contributed by atoms with Crippen molar-refractivity contribution in [2.24, 2.45) is 5.92 Å². The second-order valence-corrected chi connectivity index (χ2v) is 7.15. The van der Waals surface area contributed by atoms with Gasteiger partial charge < -0.3 is 15.1 Å². The van der Waals surface area contributed by atoms with Crippen LogP contribution in [0.5, 0.6) is 0 Å². The number of aromatic nitrogens is 2. The first-order chi connectivity index (χ1) is 13.7. The second kappa shape index (κ2) is 9.92. The van der Waals surface area contributed by atoms with Gasteiger partial charge in [0.2, 0.25) is 5.91 Å². The third-order valence-corrected chi connectivity index (χ3v) is 5.21. The number of H-pyrrole nitrogens is 1. The number of carbonyl (C=O) groups excluding carboxylic acids is 1. The average molecular weight is 383 g/mol. The van der Waals surface area contributed by atoms with Gasteiger partial charge in [-0.2, -0.15) is 5.10 Å². The molecule has 1 saturated heterocycles. The van der Waals surface area contributed by atoms with Gasteiger partial charge in [-0.15, -0.1) is 0 Å². The number of amides is 1. The van der Waals surface area contributed by atoms with Gasteiger partial charge in [0.15, 0.2) is 0 Å². The zero-order valence-electron chi connectivity index (χ0n) is 16.4. The molecule has 28 heavy (non-hydrogen) atoms. The van der Waals surface area contributed by atoms with Crippen LogP contribution in [0.1, 0.15) is 26.2 Å². The van der Waals surface area contributed by atoms with E-state index in [1.54, 1.807) is 6.20 Å². The highest BCUT2D eigenvalue weighted by Crippen LogP contribution is 2.21. The maximum absolute atomic E-state index is 12.6. The summed E-state index contributed by atoms with van der Waals surface area (Å²) in [6.45, 7) is 6.15. The van der Waals surface area contributed by atoms with E-state index >= 15 is 0 Å². The van der Waals surface area contributed by atoms with Crippen molar-refractivity contribution in [1.29, 1.82) is 0 Å². The van der Waals surface area contributed by atoms with E-state index in [1.807, 2.05) is 18.2 Å². The van der Waals surface area contributed by atoms with Crippen molar-refractivity contribution >= 4 is 17.3 Å². The summed E-state index contributed by atoms with van der Waals surface area (Å²) in [7, 11) is 0. The predicted molar refractivity (Wildman–Crippen MR) is 112 cm³/mol. The molecule has 2 heterocycles. The van der Waals surface area contributed by atoms with Crippen molar-refractivity contribution in [3.63, 3.8) is 0 Å². The molecule has 1 aliphatic rings. The zero-order chi connectivity index (χ0) is 19.8. The first-order valence-corrected chi connectivity index (χ1v) is 10.0. The quantitative estimate of drug-likeness (QED) is 0.682. The Labute approximate surface area is 165 Å². The number of anilines is 2. The van der Waals surface area contributed by atoms with E-state index in [-0.39, 0.29) is 17.4 Å². The maximum Gasteiger partial charge on any atom is 0.266 e. The van der Waals surface area contributed by atoms with Crippen LogP contribution in [-0.2, 0) is 4.79 Å². The summed E-state index contributed by atoms with van der Waals surface area (Å²) in [4.78, 5) is 28.5. The van der Waals surface area contributed by atoms with Crippen LogP contribution in [0.4, 0.5) is 11.4 Å². The number of nitrogens with one attached hydrogen (secondary N) is 2. The van der Waals surface area contributed by atoms with Crippen molar-refractivity contribution in [3.05, 3.63) is 52.9 Å². The van der Waals surface area contributed by atoms with Crippen molar-refractivity contribution in [2.45, 2.75) is 26.2 Å². The van der Waals surface area contributed by atoms with Crippen LogP contribution >= 0.6 is 0 Å². The number of hydrogen-bond acceptors (Lipinski definition) is 5. The molecular formula is C21H29N5O2. The molecule has 7 nitrogen and oxygen atoms in total. The third kappa shape index (κ3) is 5.34. The molecule has 1 atom stereocenters. The normalized spacial score (nSPS) is 16.6. The fraction of sp³-hybridized carbons (Fsp3) is 0.476. The van der Waals surface area contributed by atoms with Gasteiger partial charge in [-0.1, -0.05) is 18.2 Å². The number of nitrogens with zero attached hydrogens (tertiary/aromatic N) is 3. The summed E-state index contributed by atoms with van der Waals surface area (Å²) >= 11 is 0. The lowest BCUT2D eigenvalue weighted by atomic mass is 9.97. The smallest absolute Gasteiger partial charge is 0.266 e.